The zero-order valence-corrected chi connectivity index (χ0v) is 6.00. The molecule has 0 aliphatic heterocycles. The molecular formula is C7H12O3. The minimum Gasteiger partial charge on any atom is -0.479 e. The number of carbonyl (C=O) groups is 1. The zero-order valence-electron chi connectivity index (χ0n) is 6.00. The van der Waals surface area contributed by atoms with Crippen LogP contribution in [-0.2, 0) is 4.79 Å². The van der Waals surface area contributed by atoms with E-state index in [2.05, 4.69) is 0 Å². The molecule has 0 aromatic carbocycles. The molecule has 0 amide bonds. The fourth-order valence-corrected chi connectivity index (χ4v) is 1.24. The molecule has 0 aromatic rings. The van der Waals surface area contributed by atoms with Crippen LogP contribution in [0.4, 0.5) is 0 Å². The lowest BCUT2D eigenvalue weighted by molar-refractivity contribution is -0.150. The van der Waals surface area contributed by atoms with Crippen molar-refractivity contribution in [2.75, 3.05) is 0 Å². The van der Waals surface area contributed by atoms with Crippen LogP contribution in [0.3, 0.4) is 0 Å². The van der Waals surface area contributed by atoms with Gasteiger partial charge in [-0.2, -0.15) is 0 Å². The maximum Gasteiger partial charge on any atom is 0.333 e. The average molecular weight is 144 g/mol. The lowest BCUT2D eigenvalue weighted by atomic mass is 9.96. The van der Waals surface area contributed by atoms with Gasteiger partial charge in [0.25, 0.3) is 0 Å². The van der Waals surface area contributed by atoms with Crippen molar-refractivity contribution in [2.24, 2.45) is 5.41 Å². The van der Waals surface area contributed by atoms with Gasteiger partial charge in [0, 0.05) is 5.41 Å². The van der Waals surface area contributed by atoms with Crippen LogP contribution in [0.25, 0.3) is 0 Å². The van der Waals surface area contributed by atoms with Crippen molar-refractivity contribution >= 4 is 5.97 Å². The average Bonchev–Trinajstić information content (AvgIpc) is 2.66. The highest BCUT2D eigenvalue weighted by atomic mass is 16.4. The molecule has 3 nitrogen and oxygen atoms in total. The first-order valence-electron chi connectivity index (χ1n) is 3.53. The molecule has 1 unspecified atom stereocenters. The Morgan fingerprint density at radius 3 is 2.30 bits per heavy atom. The largest absolute Gasteiger partial charge is 0.479 e. The molecule has 0 bridgehead atoms. The zero-order chi connectivity index (χ0) is 7.78. The predicted octanol–water partition coefficient (Wildman–Crippen LogP) is 0.622. The third-order valence-electron chi connectivity index (χ3n) is 2.41. The van der Waals surface area contributed by atoms with Crippen molar-refractivity contribution in [1.29, 1.82) is 0 Å². The summed E-state index contributed by atoms with van der Waals surface area (Å²) in [6, 6.07) is 0. The van der Waals surface area contributed by atoms with Gasteiger partial charge in [0.2, 0.25) is 0 Å². The van der Waals surface area contributed by atoms with E-state index in [1.807, 2.05) is 6.92 Å². The molecule has 3 heteroatoms. The maximum atomic E-state index is 10.3. The van der Waals surface area contributed by atoms with E-state index >= 15 is 0 Å². The summed E-state index contributed by atoms with van der Waals surface area (Å²) in [5.41, 5.74) is -0.272. The second-order valence-electron chi connectivity index (χ2n) is 2.96. The smallest absolute Gasteiger partial charge is 0.333 e. The van der Waals surface area contributed by atoms with E-state index < -0.39 is 12.1 Å². The number of carboxylic acids is 1. The Hall–Kier alpha value is -0.570. The van der Waals surface area contributed by atoms with Crippen LogP contribution in [0.2, 0.25) is 0 Å². The van der Waals surface area contributed by atoms with Gasteiger partial charge in [-0.15, -0.1) is 0 Å². The summed E-state index contributed by atoms with van der Waals surface area (Å²) < 4.78 is 0. The van der Waals surface area contributed by atoms with Crippen LogP contribution in [-0.4, -0.2) is 22.3 Å². The number of aliphatic carboxylic acids is 1. The van der Waals surface area contributed by atoms with Gasteiger partial charge < -0.3 is 10.2 Å². The van der Waals surface area contributed by atoms with Gasteiger partial charge in [-0.25, -0.2) is 4.79 Å². The molecule has 0 heterocycles. The molecule has 0 saturated heterocycles. The van der Waals surface area contributed by atoms with Gasteiger partial charge in [0.05, 0.1) is 0 Å². The molecule has 0 radical (unpaired) electrons. The van der Waals surface area contributed by atoms with E-state index in [1.54, 1.807) is 0 Å². The van der Waals surface area contributed by atoms with E-state index in [0.717, 1.165) is 19.3 Å². The van der Waals surface area contributed by atoms with Crippen molar-refractivity contribution < 1.29 is 15.0 Å². The van der Waals surface area contributed by atoms with Gasteiger partial charge in [-0.1, -0.05) is 6.92 Å². The third-order valence-corrected chi connectivity index (χ3v) is 2.41. The van der Waals surface area contributed by atoms with Gasteiger partial charge in [0.15, 0.2) is 6.10 Å². The van der Waals surface area contributed by atoms with E-state index in [-0.39, 0.29) is 5.41 Å². The number of hydrogen-bond acceptors (Lipinski definition) is 2. The number of rotatable bonds is 3. The Morgan fingerprint density at radius 2 is 2.20 bits per heavy atom. The molecule has 10 heavy (non-hydrogen) atoms. The predicted molar refractivity (Wildman–Crippen MR) is 35.6 cm³/mol. The molecule has 1 aliphatic rings. The van der Waals surface area contributed by atoms with E-state index in [4.69, 9.17) is 10.2 Å². The van der Waals surface area contributed by atoms with Gasteiger partial charge in [-0.05, 0) is 19.3 Å². The summed E-state index contributed by atoms with van der Waals surface area (Å²) in [6.07, 6.45) is 1.34. The van der Waals surface area contributed by atoms with Crippen molar-refractivity contribution in [3.05, 3.63) is 0 Å². The summed E-state index contributed by atoms with van der Waals surface area (Å²) in [5.74, 6) is -1.08. The standard InChI is InChI=1S/C7H12O3/c1-2-7(3-4-7)5(8)6(9)10/h5,8H,2-4H2,1H3,(H,9,10). The monoisotopic (exact) mass is 144 g/mol. The number of hydrogen-bond donors (Lipinski definition) is 2. The Kier molecular flexibility index (Phi) is 1.68. The molecule has 0 spiro atoms. The second kappa shape index (κ2) is 2.23. The van der Waals surface area contributed by atoms with Gasteiger partial charge in [-0.3, -0.25) is 0 Å². The molecule has 1 aliphatic carbocycles. The van der Waals surface area contributed by atoms with Crippen molar-refractivity contribution in [1.82, 2.24) is 0 Å². The first-order chi connectivity index (χ1) is 4.62. The van der Waals surface area contributed by atoms with Crippen LogP contribution < -0.4 is 0 Å². The topological polar surface area (TPSA) is 57.5 Å². The summed E-state index contributed by atoms with van der Waals surface area (Å²) in [5, 5.41) is 17.6. The Labute approximate surface area is 59.7 Å². The van der Waals surface area contributed by atoms with Crippen molar-refractivity contribution in [2.45, 2.75) is 32.3 Å². The van der Waals surface area contributed by atoms with E-state index in [9.17, 15) is 4.79 Å². The normalized spacial score (nSPS) is 23.8. The summed E-state index contributed by atoms with van der Waals surface area (Å²) in [7, 11) is 0. The Bertz CT molecular complexity index is 149. The van der Waals surface area contributed by atoms with Crippen molar-refractivity contribution in [3.63, 3.8) is 0 Å². The Balaban J connectivity index is 2.55. The number of aliphatic hydroxyl groups excluding tert-OH is 1. The third kappa shape index (κ3) is 1.01. The molecular weight excluding hydrogens is 132 g/mol. The van der Waals surface area contributed by atoms with E-state index in [1.165, 1.54) is 0 Å². The number of aliphatic hydroxyl groups is 1. The minimum absolute atomic E-state index is 0.272. The quantitative estimate of drug-likeness (QED) is 0.610. The molecule has 1 saturated carbocycles. The number of carboxylic acid groups (broad SMARTS) is 1. The highest BCUT2D eigenvalue weighted by molar-refractivity contribution is 5.73. The fraction of sp³-hybridized carbons (Fsp3) is 0.857. The molecule has 1 fully saturated rings. The lowest BCUT2D eigenvalue weighted by Gasteiger charge is -2.15. The summed E-state index contributed by atoms with van der Waals surface area (Å²) in [4.78, 5) is 10.3. The van der Waals surface area contributed by atoms with Crippen LogP contribution in [0.15, 0.2) is 0 Å². The van der Waals surface area contributed by atoms with Gasteiger partial charge in [0.1, 0.15) is 0 Å². The van der Waals surface area contributed by atoms with Gasteiger partial charge >= 0.3 is 5.97 Å². The molecule has 2 N–H and O–H groups in total. The Morgan fingerprint density at radius 1 is 1.70 bits per heavy atom. The minimum atomic E-state index is -1.14. The van der Waals surface area contributed by atoms with Crippen LogP contribution in [0, 0.1) is 5.41 Å². The maximum absolute atomic E-state index is 10.3. The highest BCUT2D eigenvalue weighted by Gasteiger charge is 2.50. The fourth-order valence-electron chi connectivity index (χ4n) is 1.24. The van der Waals surface area contributed by atoms with Crippen LogP contribution >= 0.6 is 0 Å². The first kappa shape index (κ1) is 7.54. The van der Waals surface area contributed by atoms with Crippen molar-refractivity contribution in [3.8, 4) is 0 Å². The summed E-state index contributed by atoms with van der Waals surface area (Å²) >= 11 is 0. The van der Waals surface area contributed by atoms with E-state index in [0.29, 0.717) is 0 Å². The lowest BCUT2D eigenvalue weighted by Crippen LogP contribution is -2.30. The molecule has 1 rings (SSSR count). The molecule has 0 aromatic heterocycles. The molecule has 1 atom stereocenters. The SMILES string of the molecule is CCC1(C(O)C(=O)O)CC1. The second-order valence-corrected chi connectivity index (χ2v) is 2.96. The first-order valence-corrected chi connectivity index (χ1v) is 3.53. The summed E-state index contributed by atoms with van der Waals surface area (Å²) in [6.45, 7) is 1.92. The van der Waals surface area contributed by atoms with Crippen LogP contribution in [0.1, 0.15) is 26.2 Å². The van der Waals surface area contributed by atoms with Crippen LogP contribution in [0.5, 0.6) is 0 Å². The highest BCUT2D eigenvalue weighted by Crippen LogP contribution is 2.51. The molecule has 58 valence electrons.